The van der Waals surface area contributed by atoms with E-state index in [0.717, 1.165) is 6.07 Å². The predicted octanol–water partition coefficient (Wildman–Crippen LogP) is 1.83. The summed E-state index contributed by atoms with van der Waals surface area (Å²) in [6.45, 7) is -1.04. The Bertz CT molecular complexity index is 989. The summed E-state index contributed by atoms with van der Waals surface area (Å²) in [6, 6.07) is 4.60. The van der Waals surface area contributed by atoms with Crippen molar-refractivity contribution in [1.82, 2.24) is 0 Å². The zero-order chi connectivity index (χ0) is 20.1. The Morgan fingerprint density at radius 3 is 2.48 bits per heavy atom. The molecule has 1 aliphatic heterocycles. The molecule has 2 amide bonds. The molecule has 2 aromatic rings. The van der Waals surface area contributed by atoms with E-state index in [4.69, 9.17) is 5.73 Å². The number of amides is 2. The normalized spacial score (nSPS) is 16.4. The number of primary amides is 1. The maximum Gasteiger partial charge on any atom is 0.471 e. The highest BCUT2D eigenvalue weighted by Gasteiger charge is 2.47. The van der Waals surface area contributed by atoms with Crippen LogP contribution in [0.4, 0.5) is 24.5 Å². The minimum Gasteiger partial charge on any atom is -0.396 e. The van der Waals surface area contributed by atoms with Crippen molar-refractivity contribution in [3.63, 3.8) is 0 Å². The molecule has 27 heavy (non-hydrogen) atoms. The van der Waals surface area contributed by atoms with Gasteiger partial charge in [-0.2, -0.15) is 13.2 Å². The lowest BCUT2D eigenvalue weighted by Gasteiger charge is -2.19. The molecule has 11 heteroatoms. The van der Waals surface area contributed by atoms with Crippen LogP contribution in [0.5, 0.6) is 0 Å². The molecule has 0 fully saturated rings. The Morgan fingerprint density at radius 1 is 1.30 bits per heavy atom. The number of nitrogens with zero attached hydrogens (tertiary/aromatic N) is 2. The van der Waals surface area contributed by atoms with Gasteiger partial charge in [0.25, 0.3) is 5.69 Å². The number of nitro benzene ring substituents is 1. The highest BCUT2D eigenvalue weighted by atomic mass is 19.4. The van der Waals surface area contributed by atoms with Crippen LogP contribution in [0.1, 0.15) is 21.8 Å². The first-order valence-electron chi connectivity index (χ1n) is 7.60. The Hall–Kier alpha value is -3.21. The van der Waals surface area contributed by atoms with Crippen molar-refractivity contribution in [2.24, 2.45) is 5.73 Å². The van der Waals surface area contributed by atoms with Gasteiger partial charge in [0.15, 0.2) is 0 Å². The fourth-order valence-corrected chi connectivity index (χ4v) is 3.28. The highest BCUT2D eigenvalue weighted by molar-refractivity contribution is 6.08. The molecule has 0 saturated carbocycles. The van der Waals surface area contributed by atoms with Gasteiger partial charge in [0.05, 0.1) is 22.6 Å². The van der Waals surface area contributed by atoms with E-state index in [-0.39, 0.29) is 27.6 Å². The number of hydrogen-bond donors (Lipinski definition) is 2. The molecule has 0 aromatic heterocycles. The molecule has 3 N–H and O–H groups in total. The molecule has 0 spiro atoms. The van der Waals surface area contributed by atoms with E-state index in [0.29, 0.717) is 4.90 Å². The molecule has 1 aliphatic rings. The number of hydrogen-bond acceptors (Lipinski definition) is 5. The minimum atomic E-state index is -5.18. The molecule has 0 saturated heterocycles. The van der Waals surface area contributed by atoms with Crippen LogP contribution in [0.25, 0.3) is 10.8 Å². The quantitative estimate of drug-likeness (QED) is 0.618. The molecule has 0 aliphatic carbocycles. The van der Waals surface area contributed by atoms with E-state index in [1.54, 1.807) is 0 Å². The highest BCUT2D eigenvalue weighted by Crippen LogP contribution is 2.46. The first-order chi connectivity index (χ1) is 12.6. The van der Waals surface area contributed by atoms with Crippen molar-refractivity contribution in [3.05, 3.63) is 45.5 Å². The van der Waals surface area contributed by atoms with Crippen LogP contribution in [0, 0.1) is 10.1 Å². The zero-order valence-electron chi connectivity index (χ0n) is 13.5. The molecule has 8 nitrogen and oxygen atoms in total. The van der Waals surface area contributed by atoms with Crippen LogP contribution in [-0.2, 0) is 4.79 Å². The lowest BCUT2D eigenvalue weighted by atomic mass is 9.93. The van der Waals surface area contributed by atoms with Crippen molar-refractivity contribution >= 4 is 34.0 Å². The van der Waals surface area contributed by atoms with Gasteiger partial charge >= 0.3 is 12.1 Å². The van der Waals surface area contributed by atoms with Gasteiger partial charge in [-0.3, -0.25) is 19.7 Å². The zero-order valence-corrected chi connectivity index (χ0v) is 13.5. The summed E-state index contributed by atoms with van der Waals surface area (Å²) < 4.78 is 38.7. The van der Waals surface area contributed by atoms with Crippen molar-refractivity contribution in [2.75, 3.05) is 18.1 Å². The fourth-order valence-electron chi connectivity index (χ4n) is 3.28. The van der Waals surface area contributed by atoms with Crippen LogP contribution in [0.2, 0.25) is 0 Å². The lowest BCUT2D eigenvalue weighted by Crippen LogP contribution is -2.40. The number of anilines is 1. The minimum absolute atomic E-state index is 0.0187. The second-order valence-electron chi connectivity index (χ2n) is 6.00. The van der Waals surface area contributed by atoms with Crippen LogP contribution in [-0.4, -0.2) is 41.2 Å². The summed E-state index contributed by atoms with van der Waals surface area (Å²) in [5.41, 5.74) is 4.46. The van der Waals surface area contributed by atoms with E-state index in [1.807, 2.05) is 0 Å². The molecular weight excluding hydrogens is 371 g/mol. The fraction of sp³-hybridized carbons (Fsp3) is 0.250. The summed E-state index contributed by atoms with van der Waals surface area (Å²) in [5.74, 6) is -3.88. The van der Waals surface area contributed by atoms with Crippen molar-refractivity contribution in [3.8, 4) is 0 Å². The van der Waals surface area contributed by atoms with Crippen LogP contribution in [0.15, 0.2) is 24.3 Å². The smallest absolute Gasteiger partial charge is 0.396 e. The number of halogens is 3. The maximum atomic E-state index is 12.9. The number of non-ortho nitro benzene ring substituents is 1. The number of alkyl halides is 3. The number of nitro groups is 1. The van der Waals surface area contributed by atoms with Gasteiger partial charge < -0.3 is 15.7 Å². The molecule has 0 bridgehead atoms. The maximum absolute atomic E-state index is 12.9. The Kier molecular flexibility index (Phi) is 4.26. The average Bonchev–Trinajstić information content (AvgIpc) is 2.97. The summed E-state index contributed by atoms with van der Waals surface area (Å²) in [5, 5.41) is 21.2. The average molecular weight is 383 g/mol. The van der Waals surface area contributed by atoms with E-state index in [2.05, 4.69) is 0 Å². The number of aliphatic hydroxyl groups is 1. The Morgan fingerprint density at radius 2 is 1.96 bits per heavy atom. The Balaban J connectivity index is 2.34. The molecule has 1 heterocycles. The number of carbonyl (C=O) groups excluding carboxylic acids is 2. The third kappa shape index (κ3) is 2.95. The van der Waals surface area contributed by atoms with Crippen molar-refractivity contribution in [2.45, 2.75) is 12.1 Å². The van der Waals surface area contributed by atoms with Crippen LogP contribution >= 0.6 is 0 Å². The molecule has 1 unspecified atom stereocenters. The largest absolute Gasteiger partial charge is 0.471 e. The third-order valence-electron chi connectivity index (χ3n) is 4.43. The number of aliphatic hydroxyl groups excluding tert-OH is 1. The van der Waals surface area contributed by atoms with Gasteiger partial charge in [0.2, 0.25) is 5.91 Å². The first kappa shape index (κ1) is 18.6. The summed E-state index contributed by atoms with van der Waals surface area (Å²) in [4.78, 5) is 34.1. The topological polar surface area (TPSA) is 127 Å². The van der Waals surface area contributed by atoms with E-state index in [9.17, 15) is 38.0 Å². The van der Waals surface area contributed by atoms with Gasteiger partial charge in [-0.05, 0) is 23.1 Å². The standard InChI is InChI=1S/C16H12F3N3O5/c17-16(18,19)15(25)21-5-8(6-23)13-9-2-1-7(14(20)24)3-10(9)11(22(26)27)4-12(13)21/h1-4,8,23H,5-6H2,(H2,20,24). The Labute approximate surface area is 149 Å². The molecule has 142 valence electrons. The van der Waals surface area contributed by atoms with Crippen LogP contribution in [0.3, 0.4) is 0 Å². The first-order valence-corrected chi connectivity index (χ1v) is 7.60. The van der Waals surface area contributed by atoms with E-state index in [1.165, 1.54) is 18.2 Å². The predicted molar refractivity (Wildman–Crippen MR) is 87.4 cm³/mol. The van der Waals surface area contributed by atoms with Gasteiger partial charge in [-0.25, -0.2) is 0 Å². The number of rotatable bonds is 3. The number of benzene rings is 2. The molecular formula is C16H12F3N3O5. The van der Waals surface area contributed by atoms with Crippen molar-refractivity contribution < 1.29 is 32.8 Å². The molecule has 0 radical (unpaired) electrons. The van der Waals surface area contributed by atoms with Gasteiger partial charge in [-0.15, -0.1) is 0 Å². The number of nitrogens with two attached hydrogens (primary N) is 1. The van der Waals surface area contributed by atoms with Crippen LogP contribution < -0.4 is 10.6 Å². The SMILES string of the molecule is NC(=O)c1ccc2c3c(cc([N+](=O)[O-])c2c1)N(C(=O)C(F)(F)F)CC3CO. The second-order valence-corrected chi connectivity index (χ2v) is 6.00. The summed E-state index contributed by atoms with van der Waals surface area (Å²) in [6.07, 6.45) is -5.18. The number of carbonyl (C=O) groups is 2. The van der Waals surface area contributed by atoms with Gasteiger partial charge in [0, 0.05) is 24.1 Å². The van der Waals surface area contributed by atoms with Gasteiger partial charge in [-0.1, -0.05) is 6.07 Å². The van der Waals surface area contributed by atoms with Gasteiger partial charge in [0.1, 0.15) is 0 Å². The molecule has 3 rings (SSSR count). The summed E-state index contributed by atoms with van der Waals surface area (Å²) in [7, 11) is 0. The van der Waals surface area contributed by atoms with E-state index < -0.39 is 47.7 Å². The monoisotopic (exact) mass is 383 g/mol. The molecule has 2 aromatic carbocycles. The third-order valence-corrected chi connectivity index (χ3v) is 4.43. The second kappa shape index (κ2) is 6.20. The number of fused-ring (bicyclic) bond motifs is 3. The molecule has 1 atom stereocenters. The van der Waals surface area contributed by atoms with E-state index >= 15 is 0 Å². The van der Waals surface area contributed by atoms with Crippen molar-refractivity contribution in [1.29, 1.82) is 0 Å². The summed E-state index contributed by atoms with van der Waals surface area (Å²) >= 11 is 0. The lowest BCUT2D eigenvalue weighted by molar-refractivity contribution is -0.383.